The second-order valence-corrected chi connectivity index (χ2v) is 4.76. The van der Waals surface area contributed by atoms with Gasteiger partial charge in [0.05, 0.1) is 0 Å². The molecule has 0 saturated heterocycles. The minimum absolute atomic E-state index is 0.513. The van der Waals surface area contributed by atoms with Crippen LogP contribution in [0, 0.1) is 0 Å². The van der Waals surface area contributed by atoms with Crippen LogP contribution in [0.25, 0.3) is 0 Å². The SMILES string of the molecule is NCCCNCCCCNCCCN.O=CCCCC=O. The van der Waals surface area contributed by atoms with Gasteiger partial charge in [-0.25, -0.2) is 0 Å². The predicted molar refractivity (Wildman–Crippen MR) is 88.3 cm³/mol. The highest BCUT2D eigenvalue weighted by molar-refractivity contribution is 5.52. The third-order valence-corrected chi connectivity index (χ3v) is 2.72. The minimum atomic E-state index is 0.513. The van der Waals surface area contributed by atoms with Gasteiger partial charge in [-0.3, -0.25) is 0 Å². The number of carbonyl (C=O) groups is 2. The molecule has 0 aliphatic carbocycles. The maximum Gasteiger partial charge on any atom is 0.120 e. The number of rotatable bonds is 15. The molecule has 0 aromatic carbocycles. The third-order valence-electron chi connectivity index (χ3n) is 2.72. The van der Waals surface area contributed by atoms with Gasteiger partial charge in [-0.2, -0.15) is 0 Å². The standard InChI is InChI=1S/C10H26N4.C5H8O2/c11-5-3-9-13-7-1-2-8-14-10-4-6-12;6-4-2-1-3-5-7/h13-14H,1-12H2;4-5H,1-3H2. The first-order chi connectivity index (χ1) is 10.3. The number of aldehydes is 2. The van der Waals surface area contributed by atoms with Crippen molar-refractivity contribution in [2.45, 2.75) is 44.9 Å². The second kappa shape index (κ2) is 24.2. The van der Waals surface area contributed by atoms with E-state index in [2.05, 4.69) is 10.6 Å². The maximum absolute atomic E-state index is 9.56. The molecule has 21 heavy (non-hydrogen) atoms. The summed E-state index contributed by atoms with van der Waals surface area (Å²) in [7, 11) is 0. The van der Waals surface area contributed by atoms with E-state index >= 15 is 0 Å². The van der Waals surface area contributed by atoms with E-state index in [4.69, 9.17) is 11.5 Å². The normalized spacial score (nSPS) is 9.81. The molecule has 6 nitrogen and oxygen atoms in total. The van der Waals surface area contributed by atoms with Gasteiger partial charge < -0.3 is 31.7 Å². The van der Waals surface area contributed by atoms with E-state index in [1.807, 2.05) is 0 Å². The fourth-order valence-corrected chi connectivity index (χ4v) is 1.49. The van der Waals surface area contributed by atoms with E-state index in [0.29, 0.717) is 19.3 Å². The molecule has 0 aromatic rings. The average molecular weight is 302 g/mol. The molecule has 0 amide bonds. The molecule has 6 heteroatoms. The summed E-state index contributed by atoms with van der Waals surface area (Å²) >= 11 is 0. The van der Waals surface area contributed by atoms with Gasteiger partial charge in [0.25, 0.3) is 0 Å². The smallest absolute Gasteiger partial charge is 0.120 e. The lowest BCUT2D eigenvalue weighted by Crippen LogP contribution is -2.22. The van der Waals surface area contributed by atoms with Crippen molar-refractivity contribution in [1.29, 1.82) is 0 Å². The predicted octanol–water partition coefficient (Wildman–Crippen LogP) is 0.198. The third kappa shape index (κ3) is 28.2. The highest BCUT2D eigenvalue weighted by Gasteiger charge is 1.89. The average Bonchev–Trinajstić information content (AvgIpc) is 2.50. The molecule has 126 valence electrons. The Morgan fingerprint density at radius 2 is 1.00 bits per heavy atom. The van der Waals surface area contributed by atoms with Crippen molar-refractivity contribution in [2.75, 3.05) is 39.3 Å². The topological polar surface area (TPSA) is 110 Å². The molecule has 0 radical (unpaired) electrons. The van der Waals surface area contributed by atoms with Crippen LogP contribution in [0.5, 0.6) is 0 Å². The molecule has 6 N–H and O–H groups in total. The lowest BCUT2D eigenvalue weighted by molar-refractivity contribution is -0.108. The van der Waals surface area contributed by atoms with Gasteiger partial charge in [0.15, 0.2) is 0 Å². The van der Waals surface area contributed by atoms with Gasteiger partial charge in [0, 0.05) is 12.8 Å². The van der Waals surface area contributed by atoms with Gasteiger partial charge in [0.1, 0.15) is 12.6 Å². The molecule has 0 aliphatic heterocycles. The molecule has 0 rings (SSSR count). The van der Waals surface area contributed by atoms with Crippen molar-refractivity contribution in [1.82, 2.24) is 10.6 Å². The largest absolute Gasteiger partial charge is 0.330 e. The Balaban J connectivity index is 0. The van der Waals surface area contributed by atoms with Crippen LogP contribution in [-0.2, 0) is 9.59 Å². The summed E-state index contributed by atoms with van der Waals surface area (Å²) in [4.78, 5) is 19.1. The monoisotopic (exact) mass is 302 g/mol. The lowest BCUT2D eigenvalue weighted by Gasteiger charge is -2.04. The number of hydrogen-bond donors (Lipinski definition) is 4. The van der Waals surface area contributed by atoms with Gasteiger partial charge >= 0.3 is 0 Å². The first kappa shape index (κ1) is 22.5. The van der Waals surface area contributed by atoms with Gasteiger partial charge in [-0.15, -0.1) is 0 Å². The molecule has 0 heterocycles. The quantitative estimate of drug-likeness (QED) is 0.254. The lowest BCUT2D eigenvalue weighted by atomic mass is 10.3. The molecular weight excluding hydrogens is 268 g/mol. The summed E-state index contributed by atoms with van der Waals surface area (Å²) in [5.74, 6) is 0. The Hall–Kier alpha value is -0.820. The summed E-state index contributed by atoms with van der Waals surface area (Å²) in [6, 6.07) is 0. The summed E-state index contributed by atoms with van der Waals surface area (Å²) in [6.45, 7) is 5.90. The Morgan fingerprint density at radius 1 is 0.619 bits per heavy atom. The first-order valence-electron chi connectivity index (χ1n) is 8.02. The highest BCUT2D eigenvalue weighted by atomic mass is 16.1. The van der Waals surface area contributed by atoms with Gasteiger partial charge in [0.2, 0.25) is 0 Å². The van der Waals surface area contributed by atoms with Crippen LogP contribution in [0.4, 0.5) is 0 Å². The number of unbranched alkanes of at least 4 members (excludes halogenated alkanes) is 3. The molecule has 0 spiro atoms. The van der Waals surface area contributed by atoms with Crippen molar-refractivity contribution in [2.24, 2.45) is 11.5 Å². The van der Waals surface area contributed by atoms with Crippen molar-refractivity contribution < 1.29 is 9.59 Å². The van der Waals surface area contributed by atoms with Gasteiger partial charge in [-0.1, -0.05) is 0 Å². The minimum Gasteiger partial charge on any atom is -0.330 e. The Kier molecular flexibility index (Phi) is 25.9. The van der Waals surface area contributed by atoms with E-state index in [-0.39, 0.29) is 0 Å². The molecule has 0 atom stereocenters. The number of nitrogens with one attached hydrogen (secondary N) is 2. The zero-order valence-electron chi connectivity index (χ0n) is 13.3. The molecule has 0 aliphatic rings. The summed E-state index contributed by atoms with van der Waals surface area (Å²) < 4.78 is 0. The van der Waals surface area contributed by atoms with Crippen LogP contribution < -0.4 is 22.1 Å². The second-order valence-electron chi connectivity index (χ2n) is 4.76. The van der Waals surface area contributed by atoms with Crippen molar-refractivity contribution in [3.8, 4) is 0 Å². The summed E-state index contributed by atoms with van der Waals surface area (Å²) in [5, 5.41) is 6.72. The Morgan fingerprint density at radius 3 is 1.33 bits per heavy atom. The molecule has 0 unspecified atom stereocenters. The summed E-state index contributed by atoms with van der Waals surface area (Å²) in [5.41, 5.74) is 10.8. The molecule has 0 saturated carbocycles. The fourth-order valence-electron chi connectivity index (χ4n) is 1.49. The van der Waals surface area contributed by atoms with Gasteiger partial charge in [-0.05, 0) is 71.4 Å². The highest BCUT2D eigenvalue weighted by Crippen LogP contribution is 1.86. The van der Waals surface area contributed by atoms with Crippen LogP contribution in [0.2, 0.25) is 0 Å². The van der Waals surface area contributed by atoms with Crippen molar-refractivity contribution in [3.63, 3.8) is 0 Å². The van der Waals surface area contributed by atoms with E-state index in [1.54, 1.807) is 0 Å². The molecule has 0 bridgehead atoms. The van der Waals surface area contributed by atoms with Crippen molar-refractivity contribution >= 4 is 12.6 Å². The molecular formula is C15H34N4O2. The fraction of sp³-hybridized carbons (Fsp3) is 0.867. The Bertz CT molecular complexity index is 184. The first-order valence-corrected chi connectivity index (χ1v) is 8.02. The summed E-state index contributed by atoms with van der Waals surface area (Å²) in [6.07, 6.45) is 8.00. The van der Waals surface area contributed by atoms with E-state index in [9.17, 15) is 9.59 Å². The maximum atomic E-state index is 9.56. The van der Waals surface area contributed by atoms with E-state index in [0.717, 1.165) is 64.7 Å². The Labute approximate surface area is 129 Å². The van der Waals surface area contributed by atoms with Crippen LogP contribution >= 0.6 is 0 Å². The van der Waals surface area contributed by atoms with Crippen LogP contribution in [0.1, 0.15) is 44.9 Å². The zero-order valence-corrected chi connectivity index (χ0v) is 13.3. The van der Waals surface area contributed by atoms with Crippen LogP contribution in [0.15, 0.2) is 0 Å². The number of nitrogens with two attached hydrogens (primary N) is 2. The van der Waals surface area contributed by atoms with Crippen LogP contribution in [0.3, 0.4) is 0 Å². The molecule has 0 fully saturated rings. The number of carbonyl (C=O) groups excluding carboxylic acids is 2. The zero-order chi connectivity index (χ0) is 16.0. The van der Waals surface area contributed by atoms with E-state index in [1.165, 1.54) is 12.8 Å². The number of hydrogen-bond acceptors (Lipinski definition) is 6. The molecule has 0 aromatic heterocycles. The van der Waals surface area contributed by atoms with Crippen molar-refractivity contribution in [3.05, 3.63) is 0 Å². The van der Waals surface area contributed by atoms with E-state index < -0.39 is 0 Å². The van der Waals surface area contributed by atoms with Crippen LogP contribution in [-0.4, -0.2) is 51.8 Å².